The lowest BCUT2D eigenvalue weighted by atomic mass is 10.2. The van der Waals surface area contributed by atoms with E-state index in [0.29, 0.717) is 12.0 Å². The molecule has 66 valence electrons. The molecular weight excluding hydrogens is 142 g/mol. The van der Waals surface area contributed by atoms with Gasteiger partial charge >= 0.3 is 0 Å². The predicted molar refractivity (Wildman–Crippen MR) is 43.4 cm³/mol. The van der Waals surface area contributed by atoms with Gasteiger partial charge in [0.25, 0.3) is 0 Å². The molecule has 0 aromatic rings. The molecule has 1 aliphatic heterocycles. The van der Waals surface area contributed by atoms with Crippen molar-refractivity contribution in [3.05, 3.63) is 0 Å². The summed E-state index contributed by atoms with van der Waals surface area (Å²) in [6, 6.07) is 0.366. The molecule has 1 rings (SSSR count). The van der Waals surface area contributed by atoms with Crippen LogP contribution in [-0.4, -0.2) is 32.6 Å². The minimum Gasteiger partial charge on any atom is -0.351 e. The molecule has 0 bridgehead atoms. The Balaban J connectivity index is 2.24. The Morgan fingerprint density at radius 2 is 1.82 bits per heavy atom. The number of nitrogens with one attached hydrogen (secondary N) is 1. The first kappa shape index (κ1) is 8.97. The maximum Gasteiger partial charge on any atom is 0.159 e. The van der Waals surface area contributed by atoms with Gasteiger partial charge in [-0.3, -0.25) is 0 Å². The van der Waals surface area contributed by atoms with Gasteiger partial charge in [-0.2, -0.15) is 0 Å². The van der Waals surface area contributed by atoms with E-state index < -0.39 is 0 Å². The van der Waals surface area contributed by atoms with Gasteiger partial charge in [-0.15, -0.1) is 0 Å². The summed E-state index contributed by atoms with van der Waals surface area (Å²) in [6.07, 6.45) is -0.000370. The largest absolute Gasteiger partial charge is 0.351 e. The van der Waals surface area contributed by atoms with Crippen LogP contribution < -0.4 is 5.32 Å². The van der Waals surface area contributed by atoms with Gasteiger partial charge in [-0.25, -0.2) is 0 Å². The van der Waals surface area contributed by atoms with Gasteiger partial charge < -0.3 is 14.8 Å². The van der Waals surface area contributed by atoms with Crippen molar-refractivity contribution in [3.63, 3.8) is 0 Å². The molecule has 1 fully saturated rings. The zero-order valence-corrected chi connectivity index (χ0v) is 7.46. The van der Waals surface area contributed by atoms with E-state index in [1.54, 1.807) is 0 Å². The topological polar surface area (TPSA) is 30.5 Å². The fourth-order valence-corrected chi connectivity index (χ4v) is 1.07. The van der Waals surface area contributed by atoms with E-state index >= 15 is 0 Å². The molecule has 1 aliphatic rings. The second kappa shape index (κ2) is 4.04. The van der Waals surface area contributed by atoms with Crippen molar-refractivity contribution >= 4 is 0 Å². The molecule has 0 amide bonds. The van der Waals surface area contributed by atoms with Crippen LogP contribution in [0.3, 0.4) is 0 Å². The van der Waals surface area contributed by atoms with E-state index in [1.165, 1.54) is 0 Å². The number of hydrogen-bond acceptors (Lipinski definition) is 3. The monoisotopic (exact) mass is 159 g/mol. The minimum atomic E-state index is -0.000370. The number of ether oxygens (including phenoxy) is 2. The van der Waals surface area contributed by atoms with Gasteiger partial charge in [0.2, 0.25) is 0 Å². The lowest BCUT2D eigenvalue weighted by molar-refractivity contribution is -0.208. The standard InChI is InChI=1S/C8H17NO2/c1-6(2)8-10-4-7(9-3)5-11-8/h6-9H,4-5H2,1-3H3. The second-order valence-corrected chi connectivity index (χ2v) is 3.26. The Morgan fingerprint density at radius 1 is 1.27 bits per heavy atom. The van der Waals surface area contributed by atoms with Crippen molar-refractivity contribution < 1.29 is 9.47 Å². The normalized spacial score (nSPS) is 32.7. The molecule has 0 spiro atoms. The maximum absolute atomic E-state index is 5.46. The first-order valence-corrected chi connectivity index (χ1v) is 4.14. The zero-order valence-electron chi connectivity index (χ0n) is 7.46. The van der Waals surface area contributed by atoms with E-state index in [9.17, 15) is 0 Å². The SMILES string of the molecule is CNC1COC(C(C)C)OC1. The Labute approximate surface area is 68.1 Å². The molecule has 0 radical (unpaired) electrons. The average molecular weight is 159 g/mol. The molecule has 0 aromatic heterocycles. The van der Waals surface area contributed by atoms with Crippen LogP contribution in [0, 0.1) is 5.92 Å². The number of likely N-dealkylation sites (N-methyl/N-ethyl adjacent to an activating group) is 1. The van der Waals surface area contributed by atoms with Crippen molar-refractivity contribution in [2.75, 3.05) is 20.3 Å². The lowest BCUT2D eigenvalue weighted by Crippen LogP contribution is -2.44. The van der Waals surface area contributed by atoms with Crippen LogP contribution in [0.2, 0.25) is 0 Å². The molecule has 0 aromatic carbocycles. The summed E-state index contributed by atoms with van der Waals surface area (Å²) in [5.74, 6) is 0.452. The van der Waals surface area contributed by atoms with Gasteiger partial charge in [0, 0.05) is 5.92 Å². The number of hydrogen-bond donors (Lipinski definition) is 1. The Kier molecular flexibility index (Phi) is 3.30. The van der Waals surface area contributed by atoms with Crippen LogP contribution in [0.25, 0.3) is 0 Å². The second-order valence-electron chi connectivity index (χ2n) is 3.26. The molecule has 1 N–H and O–H groups in total. The van der Waals surface area contributed by atoms with Crippen molar-refractivity contribution in [2.45, 2.75) is 26.2 Å². The van der Waals surface area contributed by atoms with Crippen LogP contribution in [0.1, 0.15) is 13.8 Å². The summed E-state index contributed by atoms with van der Waals surface area (Å²) >= 11 is 0. The first-order valence-electron chi connectivity index (χ1n) is 4.14. The van der Waals surface area contributed by atoms with Crippen LogP contribution in [0.15, 0.2) is 0 Å². The zero-order chi connectivity index (χ0) is 8.27. The van der Waals surface area contributed by atoms with Crippen molar-refractivity contribution in [1.29, 1.82) is 0 Å². The molecule has 0 aliphatic carbocycles. The predicted octanol–water partition coefficient (Wildman–Crippen LogP) is 0.603. The fraction of sp³-hybridized carbons (Fsp3) is 1.00. The van der Waals surface area contributed by atoms with Gasteiger partial charge in [0.1, 0.15) is 0 Å². The van der Waals surface area contributed by atoms with E-state index in [1.807, 2.05) is 7.05 Å². The van der Waals surface area contributed by atoms with E-state index in [0.717, 1.165) is 13.2 Å². The highest BCUT2D eigenvalue weighted by Crippen LogP contribution is 2.13. The Bertz CT molecular complexity index is 109. The quantitative estimate of drug-likeness (QED) is 0.640. The van der Waals surface area contributed by atoms with E-state index in [4.69, 9.17) is 9.47 Å². The molecule has 3 heteroatoms. The molecule has 0 atom stereocenters. The van der Waals surface area contributed by atoms with E-state index in [-0.39, 0.29) is 6.29 Å². The fourth-order valence-electron chi connectivity index (χ4n) is 1.07. The van der Waals surface area contributed by atoms with Crippen LogP contribution in [0.5, 0.6) is 0 Å². The third-order valence-electron chi connectivity index (χ3n) is 1.88. The van der Waals surface area contributed by atoms with Crippen molar-refractivity contribution in [1.82, 2.24) is 5.32 Å². The van der Waals surface area contributed by atoms with Crippen molar-refractivity contribution in [3.8, 4) is 0 Å². The molecular formula is C8H17NO2. The van der Waals surface area contributed by atoms with Gasteiger partial charge in [-0.1, -0.05) is 13.8 Å². The van der Waals surface area contributed by atoms with Crippen LogP contribution >= 0.6 is 0 Å². The highest BCUT2D eigenvalue weighted by Gasteiger charge is 2.22. The lowest BCUT2D eigenvalue weighted by Gasteiger charge is -2.31. The summed E-state index contributed by atoms with van der Waals surface area (Å²) < 4.78 is 10.9. The summed E-state index contributed by atoms with van der Waals surface area (Å²) in [7, 11) is 1.92. The third kappa shape index (κ3) is 2.43. The molecule has 1 heterocycles. The maximum atomic E-state index is 5.46. The van der Waals surface area contributed by atoms with Crippen molar-refractivity contribution in [2.24, 2.45) is 5.92 Å². The smallest absolute Gasteiger partial charge is 0.159 e. The molecule has 0 saturated carbocycles. The van der Waals surface area contributed by atoms with Gasteiger partial charge in [0.15, 0.2) is 6.29 Å². The Morgan fingerprint density at radius 3 is 2.18 bits per heavy atom. The summed E-state index contributed by atoms with van der Waals surface area (Å²) in [5, 5.41) is 3.11. The van der Waals surface area contributed by atoms with E-state index in [2.05, 4.69) is 19.2 Å². The molecule has 1 saturated heterocycles. The minimum absolute atomic E-state index is 0.000370. The van der Waals surface area contributed by atoms with Gasteiger partial charge in [-0.05, 0) is 7.05 Å². The van der Waals surface area contributed by atoms with Crippen LogP contribution in [0.4, 0.5) is 0 Å². The van der Waals surface area contributed by atoms with Gasteiger partial charge in [0.05, 0.1) is 19.3 Å². The molecule has 3 nitrogen and oxygen atoms in total. The third-order valence-corrected chi connectivity index (χ3v) is 1.88. The van der Waals surface area contributed by atoms with Crippen LogP contribution in [-0.2, 0) is 9.47 Å². The summed E-state index contributed by atoms with van der Waals surface area (Å²) in [4.78, 5) is 0. The summed E-state index contributed by atoms with van der Waals surface area (Å²) in [5.41, 5.74) is 0. The average Bonchev–Trinajstić information content (AvgIpc) is 2.05. The number of rotatable bonds is 2. The first-order chi connectivity index (χ1) is 5.24. The molecule has 0 unspecified atom stereocenters. The molecule has 11 heavy (non-hydrogen) atoms. The summed E-state index contributed by atoms with van der Waals surface area (Å²) in [6.45, 7) is 5.73. The highest BCUT2D eigenvalue weighted by molar-refractivity contribution is 4.68. The Hall–Kier alpha value is -0.120. The highest BCUT2D eigenvalue weighted by atomic mass is 16.7.